The first-order valence-corrected chi connectivity index (χ1v) is 4.51. The van der Waals surface area contributed by atoms with E-state index < -0.39 is 0 Å². The van der Waals surface area contributed by atoms with Gasteiger partial charge in [0, 0.05) is 13.0 Å². The van der Waals surface area contributed by atoms with Crippen molar-refractivity contribution >= 4 is 11.7 Å². The van der Waals surface area contributed by atoms with Gasteiger partial charge >= 0.3 is 0 Å². The molecular weight excluding hydrogens is 186 g/mol. The topological polar surface area (TPSA) is 96.9 Å². The number of carbonyl (C=O) groups is 1. The Bertz CT molecular complexity index is 194. The van der Waals surface area contributed by atoms with Crippen LogP contribution in [0.1, 0.15) is 19.8 Å². The summed E-state index contributed by atoms with van der Waals surface area (Å²) in [5, 5.41) is 13.4. The minimum atomic E-state index is -0.173. The monoisotopic (exact) mass is 203 g/mol. The maximum Gasteiger partial charge on any atom is 0.222 e. The molecule has 6 heteroatoms. The molecule has 0 rings (SSSR count). The zero-order chi connectivity index (χ0) is 10.8. The third-order valence-corrected chi connectivity index (χ3v) is 1.42. The Balaban J connectivity index is 3.37. The first-order valence-electron chi connectivity index (χ1n) is 4.51. The Hall–Kier alpha value is -1.30. The number of oxime groups is 1. The third kappa shape index (κ3) is 7.35. The fourth-order valence-electron chi connectivity index (χ4n) is 0.724. The van der Waals surface area contributed by atoms with E-state index in [0.717, 1.165) is 6.42 Å². The molecule has 1 amide bonds. The van der Waals surface area contributed by atoms with Gasteiger partial charge in [-0.05, 0) is 6.42 Å². The average molecular weight is 203 g/mol. The van der Waals surface area contributed by atoms with Gasteiger partial charge in [0.05, 0.1) is 13.2 Å². The highest BCUT2D eigenvalue weighted by Crippen LogP contribution is 1.85. The van der Waals surface area contributed by atoms with E-state index in [0.29, 0.717) is 19.6 Å². The number of ether oxygens (including phenoxy) is 1. The smallest absolute Gasteiger partial charge is 0.222 e. The molecule has 82 valence electrons. The van der Waals surface area contributed by atoms with Crippen molar-refractivity contribution < 1.29 is 14.7 Å². The molecule has 6 nitrogen and oxygen atoms in total. The molecular formula is C8H17N3O3. The van der Waals surface area contributed by atoms with Crippen LogP contribution in [-0.4, -0.2) is 36.7 Å². The maximum atomic E-state index is 11.0. The van der Waals surface area contributed by atoms with Crippen molar-refractivity contribution in [3.63, 3.8) is 0 Å². The molecule has 14 heavy (non-hydrogen) atoms. The number of amidine groups is 1. The van der Waals surface area contributed by atoms with Gasteiger partial charge in [0.15, 0.2) is 5.84 Å². The molecule has 0 aliphatic carbocycles. The van der Waals surface area contributed by atoms with Crippen molar-refractivity contribution in [2.24, 2.45) is 10.9 Å². The summed E-state index contributed by atoms with van der Waals surface area (Å²) in [7, 11) is 0. The lowest BCUT2D eigenvalue weighted by Gasteiger charge is -2.04. The van der Waals surface area contributed by atoms with Gasteiger partial charge in [0.1, 0.15) is 0 Å². The Labute approximate surface area is 83.1 Å². The Morgan fingerprint density at radius 3 is 2.86 bits per heavy atom. The van der Waals surface area contributed by atoms with Gasteiger partial charge in [-0.15, -0.1) is 0 Å². The lowest BCUT2D eigenvalue weighted by Crippen LogP contribution is -2.34. The lowest BCUT2D eigenvalue weighted by atomic mass is 10.4. The second kappa shape index (κ2) is 8.31. The molecule has 0 aromatic heterocycles. The first kappa shape index (κ1) is 12.7. The van der Waals surface area contributed by atoms with Gasteiger partial charge in [-0.25, -0.2) is 0 Å². The summed E-state index contributed by atoms with van der Waals surface area (Å²) in [4.78, 5) is 11.0. The van der Waals surface area contributed by atoms with E-state index in [4.69, 9.17) is 15.7 Å². The van der Waals surface area contributed by atoms with Crippen LogP contribution in [-0.2, 0) is 9.53 Å². The summed E-state index contributed by atoms with van der Waals surface area (Å²) >= 11 is 0. The number of rotatable bonds is 7. The van der Waals surface area contributed by atoms with Gasteiger partial charge in [-0.3, -0.25) is 4.79 Å². The fourth-order valence-corrected chi connectivity index (χ4v) is 0.724. The van der Waals surface area contributed by atoms with Crippen LogP contribution in [0.2, 0.25) is 0 Å². The van der Waals surface area contributed by atoms with Crippen LogP contribution in [0, 0.1) is 0 Å². The summed E-state index contributed by atoms with van der Waals surface area (Å²) in [6, 6.07) is 0. The Morgan fingerprint density at radius 1 is 1.57 bits per heavy atom. The van der Waals surface area contributed by atoms with Crippen LogP contribution in [0.5, 0.6) is 0 Å². The highest BCUT2D eigenvalue weighted by Gasteiger charge is 2.01. The quantitative estimate of drug-likeness (QED) is 0.173. The standard InChI is InChI=1S/C8H17N3O3/c1-2-4-14-5-3-8(12)10-6-7(9)11-13/h13H,2-6H2,1H3,(H2,9,11)(H,10,12). The van der Waals surface area contributed by atoms with Crippen molar-refractivity contribution in [3.8, 4) is 0 Å². The number of carbonyl (C=O) groups excluding carboxylic acids is 1. The number of hydrogen-bond acceptors (Lipinski definition) is 4. The molecule has 0 aromatic carbocycles. The van der Waals surface area contributed by atoms with Gasteiger partial charge in [0.25, 0.3) is 0 Å². The van der Waals surface area contributed by atoms with Crippen molar-refractivity contribution in [3.05, 3.63) is 0 Å². The molecule has 0 fully saturated rings. The summed E-state index contributed by atoms with van der Waals surface area (Å²) in [6.07, 6.45) is 1.23. The minimum absolute atomic E-state index is 0.0205. The van der Waals surface area contributed by atoms with E-state index in [2.05, 4.69) is 10.5 Å². The number of amides is 1. The van der Waals surface area contributed by atoms with E-state index in [1.165, 1.54) is 0 Å². The van der Waals surface area contributed by atoms with E-state index in [9.17, 15) is 4.79 Å². The summed E-state index contributed by atoms with van der Waals surface area (Å²) in [5.74, 6) is -0.194. The van der Waals surface area contributed by atoms with E-state index in [-0.39, 0.29) is 18.3 Å². The van der Waals surface area contributed by atoms with E-state index in [1.807, 2.05) is 6.92 Å². The largest absolute Gasteiger partial charge is 0.409 e. The zero-order valence-electron chi connectivity index (χ0n) is 8.32. The molecule has 0 bridgehead atoms. The second-order valence-corrected chi connectivity index (χ2v) is 2.73. The first-order chi connectivity index (χ1) is 6.70. The number of nitrogens with zero attached hydrogens (tertiary/aromatic N) is 1. The number of hydrogen-bond donors (Lipinski definition) is 3. The molecule has 0 radical (unpaired) electrons. The lowest BCUT2D eigenvalue weighted by molar-refractivity contribution is -0.121. The van der Waals surface area contributed by atoms with E-state index >= 15 is 0 Å². The highest BCUT2D eigenvalue weighted by molar-refractivity contribution is 5.86. The van der Waals surface area contributed by atoms with Gasteiger partial charge in [-0.1, -0.05) is 12.1 Å². The SMILES string of the molecule is CCCOCCC(=O)NCC(N)=NO. The fraction of sp³-hybridized carbons (Fsp3) is 0.750. The normalized spacial score (nSPS) is 11.4. The van der Waals surface area contributed by atoms with Crippen LogP contribution in [0.3, 0.4) is 0 Å². The second-order valence-electron chi connectivity index (χ2n) is 2.73. The number of nitrogens with one attached hydrogen (secondary N) is 1. The highest BCUT2D eigenvalue weighted by atomic mass is 16.5. The molecule has 0 aliphatic rings. The molecule has 0 atom stereocenters. The molecule has 0 aliphatic heterocycles. The minimum Gasteiger partial charge on any atom is -0.409 e. The molecule has 4 N–H and O–H groups in total. The Kier molecular flexibility index (Phi) is 7.53. The average Bonchev–Trinajstić information content (AvgIpc) is 2.21. The van der Waals surface area contributed by atoms with Crippen LogP contribution < -0.4 is 11.1 Å². The van der Waals surface area contributed by atoms with Gasteiger partial charge < -0.3 is 21.0 Å². The number of nitrogens with two attached hydrogens (primary N) is 1. The van der Waals surface area contributed by atoms with Crippen LogP contribution in [0.25, 0.3) is 0 Å². The summed E-state index contributed by atoms with van der Waals surface area (Å²) in [5.41, 5.74) is 5.15. The molecule has 0 spiro atoms. The van der Waals surface area contributed by atoms with E-state index in [1.54, 1.807) is 0 Å². The van der Waals surface area contributed by atoms with Crippen LogP contribution in [0.15, 0.2) is 5.16 Å². The molecule has 0 unspecified atom stereocenters. The van der Waals surface area contributed by atoms with Crippen molar-refractivity contribution in [1.82, 2.24) is 5.32 Å². The van der Waals surface area contributed by atoms with Gasteiger partial charge in [0.2, 0.25) is 5.91 Å². The van der Waals surface area contributed by atoms with Crippen molar-refractivity contribution in [1.29, 1.82) is 0 Å². The van der Waals surface area contributed by atoms with Crippen molar-refractivity contribution in [2.45, 2.75) is 19.8 Å². The predicted molar refractivity (Wildman–Crippen MR) is 52.1 cm³/mol. The Morgan fingerprint density at radius 2 is 2.29 bits per heavy atom. The van der Waals surface area contributed by atoms with Crippen LogP contribution >= 0.6 is 0 Å². The third-order valence-electron chi connectivity index (χ3n) is 1.42. The zero-order valence-corrected chi connectivity index (χ0v) is 8.32. The molecule has 0 aromatic rings. The predicted octanol–water partition coefficient (Wildman–Crippen LogP) is -0.334. The summed E-state index contributed by atoms with van der Waals surface area (Å²) < 4.78 is 5.11. The molecule has 0 saturated carbocycles. The van der Waals surface area contributed by atoms with Gasteiger partial charge in [-0.2, -0.15) is 0 Å². The molecule has 0 heterocycles. The van der Waals surface area contributed by atoms with Crippen LogP contribution in [0.4, 0.5) is 0 Å². The molecule has 0 saturated heterocycles. The maximum absolute atomic E-state index is 11.0. The van der Waals surface area contributed by atoms with Crippen molar-refractivity contribution in [2.75, 3.05) is 19.8 Å². The summed E-state index contributed by atoms with van der Waals surface area (Å²) in [6.45, 7) is 3.12.